The fraction of sp³-hybridized carbons (Fsp3) is 0.500. The largest absolute Gasteiger partial charge is 0.481 e. The van der Waals surface area contributed by atoms with Crippen molar-refractivity contribution in [3.63, 3.8) is 0 Å². The maximum atomic E-state index is 11.6. The Labute approximate surface area is 113 Å². The van der Waals surface area contributed by atoms with E-state index in [4.69, 9.17) is 0 Å². The highest BCUT2D eigenvalue weighted by atomic mass is 32.2. The first-order valence-electron chi connectivity index (χ1n) is 6.30. The van der Waals surface area contributed by atoms with E-state index in [0.717, 1.165) is 11.8 Å². The van der Waals surface area contributed by atoms with E-state index in [-0.39, 0.29) is 12.2 Å². The number of aliphatic carboxylic acids is 1. The SMILES string of the molecule is CS(=O)(=O)CCC1(C(=O)O)CCc2ccccc2C1. The van der Waals surface area contributed by atoms with E-state index in [1.807, 2.05) is 24.3 Å². The zero-order valence-electron chi connectivity index (χ0n) is 10.9. The molecule has 0 amide bonds. The number of aryl methyl sites for hydroxylation is 1. The van der Waals surface area contributed by atoms with Crippen molar-refractivity contribution in [1.29, 1.82) is 0 Å². The maximum absolute atomic E-state index is 11.6. The van der Waals surface area contributed by atoms with Crippen LogP contribution in [0.4, 0.5) is 0 Å². The number of carbonyl (C=O) groups is 1. The number of fused-ring (bicyclic) bond motifs is 1. The summed E-state index contributed by atoms with van der Waals surface area (Å²) in [5.41, 5.74) is 1.28. The van der Waals surface area contributed by atoms with Gasteiger partial charge in [-0.05, 0) is 36.8 Å². The molecule has 0 aromatic heterocycles. The monoisotopic (exact) mass is 282 g/mol. The molecule has 0 bridgehead atoms. The lowest BCUT2D eigenvalue weighted by Crippen LogP contribution is -2.38. The van der Waals surface area contributed by atoms with Gasteiger partial charge in [-0.25, -0.2) is 8.42 Å². The van der Waals surface area contributed by atoms with Crippen molar-refractivity contribution in [2.75, 3.05) is 12.0 Å². The third-order valence-corrected chi connectivity index (χ3v) is 4.87. The molecule has 1 aromatic carbocycles. The van der Waals surface area contributed by atoms with Crippen molar-refractivity contribution in [1.82, 2.24) is 0 Å². The summed E-state index contributed by atoms with van der Waals surface area (Å²) in [6.07, 6.45) is 2.98. The van der Waals surface area contributed by atoms with Gasteiger partial charge in [-0.15, -0.1) is 0 Å². The standard InChI is InChI=1S/C14H18O4S/c1-19(17,18)9-8-14(13(15)16)7-6-11-4-2-3-5-12(11)10-14/h2-5H,6-10H2,1H3,(H,15,16). The van der Waals surface area contributed by atoms with Gasteiger partial charge in [0, 0.05) is 6.26 Å². The second-order valence-electron chi connectivity index (χ2n) is 5.41. The molecular formula is C14H18O4S. The first kappa shape index (κ1) is 14.1. The van der Waals surface area contributed by atoms with Crippen LogP contribution >= 0.6 is 0 Å². The van der Waals surface area contributed by atoms with Crippen LogP contribution < -0.4 is 0 Å². The molecule has 0 spiro atoms. The lowest BCUT2D eigenvalue weighted by Gasteiger charge is -2.34. The Bertz CT molecular complexity index is 591. The van der Waals surface area contributed by atoms with E-state index in [9.17, 15) is 18.3 Å². The molecule has 0 aliphatic heterocycles. The first-order valence-corrected chi connectivity index (χ1v) is 8.36. The van der Waals surface area contributed by atoms with E-state index in [1.165, 1.54) is 5.56 Å². The van der Waals surface area contributed by atoms with Crippen LogP contribution in [-0.2, 0) is 27.5 Å². The van der Waals surface area contributed by atoms with Gasteiger partial charge in [-0.2, -0.15) is 0 Å². The van der Waals surface area contributed by atoms with Crippen molar-refractivity contribution < 1.29 is 18.3 Å². The molecule has 0 saturated heterocycles. The smallest absolute Gasteiger partial charge is 0.310 e. The predicted octanol–water partition coefficient (Wildman–Crippen LogP) is 1.68. The van der Waals surface area contributed by atoms with Gasteiger partial charge in [0.1, 0.15) is 9.84 Å². The van der Waals surface area contributed by atoms with Gasteiger partial charge < -0.3 is 5.11 Å². The highest BCUT2D eigenvalue weighted by Crippen LogP contribution is 2.39. The second-order valence-corrected chi connectivity index (χ2v) is 7.67. The molecule has 19 heavy (non-hydrogen) atoms. The molecular weight excluding hydrogens is 264 g/mol. The summed E-state index contributed by atoms with van der Waals surface area (Å²) < 4.78 is 22.6. The Hall–Kier alpha value is -1.36. The van der Waals surface area contributed by atoms with E-state index in [0.29, 0.717) is 19.3 Å². The molecule has 1 N–H and O–H groups in total. The average molecular weight is 282 g/mol. The molecule has 0 heterocycles. The van der Waals surface area contributed by atoms with Crippen LogP contribution in [0.15, 0.2) is 24.3 Å². The molecule has 2 rings (SSSR count). The first-order chi connectivity index (χ1) is 8.82. The molecule has 1 unspecified atom stereocenters. The van der Waals surface area contributed by atoms with Gasteiger partial charge in [-0.3, -0.25) is 4.79 Å². The topological polar surface area (TPSA) is 71.4 Å². The number of hydrogen-bond acceptors (Lipinski definition) is 3. The Balaban J connectivity index is 2.26. The maximum Gasteiger partial charge on any atom is 0.310 e. The zero-order chi connectivity index (χ0) is 14.1. The third-order valence-electron chi connectivity index (χ3n) is 3.93. The van der Waals surface area contributed by atoms with Gasteiger partial charge in [0.15, 0.2) is 0 Å². The van der Waals surface area contributed by atoms with E-state index < -0.39 is 21.2 Å². The minimum atomic E-state index is -3.14. The Morgan fingerprint density at radius 3 is 2.53 bits per heavy atom. The summed E-state index contributed by atoms with van der Waals surface area (Å²) in [4.78, 5) is 11.6. The molecule has 1 aromatic rings. The quantitative estimate of drug-likeness (QED) is 0.912. The normalized spacial score (nSPS) is 22.8. The summed E-state index contributed by atoms with van der Waals surface area (Å²) in [5, 5.41) is 9.52. The van der Waals surface area contributed by atoms with Crippen molar-refractivity contribution in [3.05, 3.63) is 35.4 Å². The van der Waals surface area contributed by atoms with Crippen LogP contribution in [0.3, 0.4) is 0 Å². The molecule has 1 aliphatic rings. The van der Waals surface area contributed by atoms with Crippen LogP contribution in [0.5, 0.6) is 0 Å². The molecule has 1 atom stereocenters. The van der Waals surface area contributed by atoms with Crippen LogP contribution in [0.25, 0.3) is 0 Å². The number of sulfone groups is 1. The van der Waals surface area contributed by atoms with Crippen LogP contribution in [0.2, 0.25) is 0 Å². The summed E-state index contributed by atoms with van der Waals surface area (Å²) >= 11 is 0. The van der Waals surface area contributed by atoms with Crippen LogP contribution in [-0.4, -0.2) is 31.5 Å². The molecule has 0 saturated carbocycles. The van der Waals surface area contributed by atoms with Gasteiger partial charge in [0.25, 0.3) is 0 Å². The van der Waals surface area contributed by atoms with Gasteiger partial charge in [0.2, 0.25) is 0 Å². The van der Waals surface area contributed by atoms with Crippen molar-refractivity contribution in [3.8, 4) is 0 Å². The van der Waals surface area contributed by atoms with Crippen molar-refractivity contribution in [2.24, 2.45) is 5.41 Å². The summed E-state index contributed by atoms with van der Waals surface area (Å²) in [7, 11) is -3.14. The highest BCUT2D eigenvalue weighted by molar-refractivity contribution is 7.90. The van der Waals surface area contributed by atoms with Crippen LogP contribution in [0.1, 0.15) is 24.0 Å². The van der Waals surface area contributed by atoms with Gasteiger partial charge in [0.05, 0.1) is 11.2 Å². The Morgan fingerprint density at radius 1 is 1.32 bits per heavy atom. The van der Waals surface area contributed by atoms with Gasteiger partial charge in [-0.1, -0.05) is 24.3 Å². The molecule has 5 heteroatoms. The Kier molecular flexibility index (Phi) is 3.67. The lowest BCUT2D eigenvalue weighted by molar-refractivity contribution is -0.149. The minimum Gasteiger partial charge on any atom is -0.481 e. The summed E-state index contributed by atoms with van der Waals surface area (Å²) in [6.45, 7) is 0. The lowest BCUT2D eigenvalue weighted by atomic mass is 9.70. The van der Waals surface area contributed by atoms with Crippen LogP contribution in [0, 0.1) is 5.41 Å². The summed E-state index contributed by atoms with van der Waals surface area (Å²) in [5.74, 6) is -0.952. The number of benzene rings is 1. The van der Waals surface area contributed by atoms with Crippen molar-refractivity contribution >= 4 is 15.8 Å². The van der Waals surface area contributed by atoms with E-state index >= 15 is 0 Å². The van der Waals surface area contributed by atoms with Crippen molar-refractivity contribution in [2.45, 2.75) is 25.7 Å². The van der Waals surface area contributed by atoms with E-state index in [1.54, 1.807) is 0 Å². The second kappa shape index (κ2) is 4.96. The molecule has 1 aliphatic carbocycles. The number of rotatable bonds is 4. The summed E-state index contributed by atoms with van der Waals surface area (Å²) in [6, 6.07) is 7.79. The zero-order valence-corrected chi connectivity index (χ0v) is 11.7. The molecule has 4 nitrogen and oxygen atoms in total. The predicted molar refractivity (Wildman–Crippen MR) is 72.9 cm³/mol. The minimum absolute atomic E-state index is 0.0680. The molecule has 0 fully saturated rings. The van der Waals surface area contributed by atoms with E-state index in [2.05, 4.69) is 0 Å². The Morgan fingerprint density at radius 2 is 1.95 bits per heavy atom. The number of carboxylic acids is 1. The van der Waals surface area contributed by atoms with Gasteiger partial charge >= 0.3 is 5.97 Å². The number of hydrogen-bond donors (Lipinski definition) is 1. The third kappa shape index (κ3) is 3.15. The molecule has 104 valence electrons. The fourth-order valence-electron chi connectivity index (χ4n) is 2.68. The fourth-order valence-corrected chi connectivity index (χ4v) is 3.45. The molecule has 0 radical (unpaired) electrons. The average Bonchev–Trinajstić information content (AvgIpc) is 2.35. The highest BCUT2D eigenvalue weighted by Gasteiger charge is 2.41. The number of carboxylic acid groups (broad SMARTS) is 1.